The molecule has 0 saturated heterocycles. The number of aliphatic hydroxyl groups is 6. The molecule has 0 aromatic rings. The number of methoxy groups -OCH3 is 1. The van der Waals surface area contributed by atoms with Crippen molar-refractivity contribution in [1.82, 2.24) is 0 Å². The van der Waals surface area contributed by atoms with Crippen molar-refractivity contribution in [3.8, 4) is 0 Å². The van der Waals surface area contributed by atoms with E-state index in [1.165, 1.54) is 7.11 Å². The highest BCUT2D eigenvalue weighted by Crippen LogP contribution is 2.03. The largest absolute Gasteiger partial charge is 0.466 e. The predicted molar refractivity (Wildman–Crippen MR) is 60.4 cm³/mol. The van der Waals surface area contributed by atoms with E-state index < -0.39 is 43.6 Å². The van der Waals surface area contributed by atoms with Gasteiger partial charge in [0.15, 0.2) is 0 Å². The minimum Gasteiger partial charge on any atom is -0.466 e. The molecule has 0 aliphatic rings. The van der Waals surface area contributed by atoms with E-state index in [0.29, 0.717) is 0 Å². The SMILES string of the molecule is C=CC(=O)OC.OCC(O)C(O)C(O)C(O)CO. The van der Waals surface area contributed by atoms with Gasteiger partial charge in [-0.25, -0.2) is 4.79 Å². The molecule has 0 bridgehead atoms. The Morgan fingerprint density at radius 1 is 1.11 bits per heavy atom. The first-order valence-corrected chi connectivity index (χ1v) is 5.00. The zero-order chi connectivity index (χ0) is 14.7. The monoisotopic (exact) mass is 268 g/mol. The number of carbonyl (C=O) groups is 1. The van der Waals surface area contributed by atoms with Crippen LogP contribution in [0.1, 0.15) is 0 Å². The molecule has 0 rings (SSSR count). The van der Waals surface area contributed by atoms with Gasteiger partial charge in [0.2, 0.25) is 0 Å². The fourth-order valence-corrected chi connectivity index (χ4v) is 0.755. The molecule has 0 radical (unpaired) electrons. The molecule has 0 spiro atoms. The van der Waals surface area contributed by atoms with Crippen LogP contribution in [0.25, 0.3) is 0 Å². The lowest BCUT2D eigenvalue weighted by Gasteiger charge is -2.24. The molecule has 0 aliphatic carbocycles. The Labute approximate surface area is 104 Å². The maximum absolute atomic E-state index is 9.84. The van der Waals surface area contributed by atoms with Crippen molar-refractivity contribution in [3.05, 3.63) is 12.7 Å². The summed E-state index contributed by atoms with van der Waals surface area (Å²) in [7, 11) is 1.31. The molecule has 4 atom stereocenters. The summed E-state index contributed by atoms with van der Waals surface area (Å²) in [6, 6.07) is 0. The molecule has 6 N–H and O–H groups in total. The van der Waals surface area contributed by atoms with Crippen molar-refractivity contribution in [2.45, 2.75) is 24.4 Å². The van der Waals surface area contributed by atoms with Gasteiger partial charge in [-0.05, 0) is 0 Å². The summed E-state index contributed by atoms with van der Waals surface area (Å²) >= 11 is 0. The van der Waals surface area contributed by atoms with Crippen LogP contribution in [0, 0.1) is 0 Å². The summed E-state index contributed by atoms with van der Waals surface area (Å²) < 4.78 is 4.14. The van der Waals surface area contributed by atoms with Crippen LogP contribution in [0.15, 0.2) is 12.7 Å². The first kappa shape index (κ1) is 19.3. The minimum atomic E-state index is -1.67. The van der Waals surface area contributed by atoms with Crippen LogP contribution in [0.2, 0.25) is 0 Å². The summed E-state index contributed by atoms with van der Waals surface area (Å²) in [4.78, 5) is 9.84. The summed E-state index contributed by atoms with van der Waals surface area (Å²) in [5.41, 5.74) is 0. The van der Waals surface area contributed by atoms with E-state index in [-0.39, 0.29) is 0 Å². The van der Waals surface area contributed by atoms with Gasteiger partial charge in [-0.1, -0.05) is 6.58 Å². The van der Waals surface area contributed by atoms with E-state index in [0.717, 1.165) is 6.08 Å². The van der Waals surface area contributed by atoms with E-state index in [1.807, 2.05) is 0 Å². The van der Waals surface area contributed by atoms with Gasteiger partial charge < -0.3 is 35.4 Å². The third-order valence-electron chi connectivity index (χ3n) is 1.88. The van der Waals surface area contributed by atoms with Crippen molar-refractivity contribution < 1.29 is 40.2 Å². The van der Waals surface area contributed by atoms with Gasteiger partial charge in [0.1, 0.15) is 24.4 Å². The normalized spacial score (nSPS) is 16.6. The molecule has 0 saturated carbocycles. The molecule has 0 heterocycles. The Morgan fingerprint density at radius 2 is 1.44 bits per heavy atom. The molecular formula is C10H20O8. The van der Waals surface area contributed by atoms with Crippen LogP contribution in [-0.4, -0.2) is 81.3 Å². The fraction of sp³-hybridized carbons (Fsp3) is 0.700. The van der Waals surface area contributed by atoms with Crippen LogP contribution >= 0.6 is 0 Å². The molecule has 18 heavy (non-hydrogen) atoms. The van der Waals surface area contributed by atoms with Gasteiger partial charge in [0, 0.05) is 6.08 Å². The van der Waals surface area contributed by atoms with Crippen molar-refractivity contribution in [3.63, 3.8) is 0 Å². The zero-order valence-corrected chi connectivity index (χ0v) is 10.0. The second-order valence-corrected chi connectivity index (χ2v) is 3.21. The van der Waals surface area contributed by atoms with Crippen molar-refractivity contribution in [1.29, 1.82) is 0 Å². The molecule has 108 valence electrons. The molecule has 0 aromatic heterocycles. The van der Waals surface area contributed by atoms with Crippen molar-refractivity contribution >= 4 is 5.97 Å². The zero-order valence-electron chi connectivity index (χ0n) is 10.0. The first-order valence-electron chi connectivity index (χ1n) is 5.00. The van der Waals surface area contributed by atoms with Gasteiger partial charge in [-0.3, -0.25) is 0 Å². The highest BCUT2D eigenvalue weighted by atomic mass is 16.5. The number of aliphatic hydroxyl groups excluding tert-OH is 6. The van der Waals surface area contributed by atoms with Crippen LogP contribution in [0.5, 0.6) is 0 Å². The lowest BCUT2D eigenvalue weighted by atomic mass is 10.0. The molecule has 8 nitrogen and oxygen atoms in total. The molecule has 0 aromatic carbocycles. The third kappa shape index (κ3) is 8.12. The summed E-state index contributed by atoms with van der Waals surface area (Å²) in [5.74, 6) is -0.394. The minimum absolute atomic E-state index is 0.394. The Morgan fingerprint density at radius 3 is 1.56 bits per heavy atom. The smallest absolute Gasteiger partial charge is 0.329 e. The van der Waals surface area contributed by atoms with Crippen LogP contribution in [0.4, 0.5) is 0 Å². The standard InChI is InChI=1S/C6H14O6.C4H6O2/c7-1-3(9)5(11)6(12)4(10)2-8;1-3-4(5)6-2/h3-12H,1-2H2;3H,1H2,2H3. The Kier molecular flexibility index (Phi) is 11.9. The van der Waals surface area contributed by atoms with E-state index in [2.05, 4.69) is 11.3 Å². The molecular weight excluding hydrogens is 248 g/mol. The maximum Gasteiger partial charge on any atom is 0.329 e. The second-order valence-electron chi connectivity index (χ2n) is 3.21. The van der Waals surface area contributed by atoms with Crippen LogP contribution in [0.3, 0.4) is 0 Å². The molecule has 0 fully saturated rings. The maximum atomic E-state index is 9.84. The molecule has 8 heteroatoms. The summed E-state index contributed by atoms with van der Waals surface area (Å²) in [6.07, 6.45) is -5.28. The van der Waals surface area contributed by atoms with E-state index >= 15 is 0 Å². The Bertz CT molecular complexity index is 218. The second kappa shape index (κ2) is 11.1. The quantitative estimate of drug-likeness (QED) is 0.217. The molecule has 0 amide bonds. The Hall–Kier alpha value is -1.03. The number of carbonyl (C=O) groups excluding carboxylic acids is 1. The first-order chi connectivity index (χ1) is 8.35. The Balaban J connectivity index is 0. The van der Waals surface area contributed by atoms with E-state index in [4.69, 9.17) is 30.6 Å². The fourth-order valence-electron chi connectivity index (χ4n) is 0.755. The predicted octanol–water partition coefficient (Wildman–Crippen LogP) is -3.24. The number of esters is 1. The lowest BCUT2D eigenvalue weighted by molar-refractivity contribution is -0.134. The third-order valence-corrected chi connectivity index (χ3v) is 1.88. The number of hydrogen-bond acceptors (Lipinski definition) is 8. The topological polar surface area (TPSA) is 148 Å². The van der Waals surface area contributed by atoms with Gasteiger partial charge in [-0.15, -0.1) is 0 Å². The van der Waals surface area contributed by atoms with Crippen LogP contribution in [-0.2, 0) is 9.53 Å². The van der Waals surface area contributed by atoms with Crippen molar-refractivity contribution in [2.24, 2.45) is 0 Å². The summed E-state index contributed by atoms with van der Waals surface area (Å²) in [5, 5.41) is 52.2. The van der Waals surface area contributed by atoms with Gasteiger partial charge >= 0.3 is 5.97 Å². The number of ether oxygens (including phenoxy) is 1. The van der Waals surface area contributed by atoms with Gasteiger partial charge in [0.05, 0.1) is 20.3 Å². The molecule has 0 aliphatic heterocycles. The number of hydrogen-bond donors (Lipinski definition) is 6. The van der Waals surface area contributed by atoms with Crippen LogP contribution < -0.4 is 0 Å². The average molecular weight is 268 g/mol. The highest BCUT2D eigenvalue weighted by Gasteiger charge is 2.29. The van der Waals surface area contributed by atoms with E-state index in [1.54, 1.807) is 0 Å². The van der Waals surface area contributed by atoms with Gasteiger partial charge in [0.25, 0.3) is 0 Å². The average Bonchev–Trinajstić information content (AvgIpc) is 2.43. The highest BCUT2D eigenvalue weighted by molar-refractivity contribution is 5.80. The van der Waals surface area contributed by atoms with Gasteiger partial charge in [-0.2, -0.15) is 0 Å². The number of rotatable bonds is 6. The lowest BCUT2D eigenvalue weighted by Crippen LogP contribution is -2.46. The summed E-state index contributed by atoms with van der Waals surface area (Å²) in [6.45, 7) is 1.71. The van der Waals surface area contributed by atoms with Crippen molar-refractivity contribution in [2.75, 3.05) is 20.3 Å². The van der Waals surface area contributed by atoms with E-state index in [9.17, 15) is 4.79 Å². The molecule has 4 unspecified atom stereocenters.